The summed E-state index contributed by atoms with van der Waals surface area (Å²) in [5.41, 5.74) is 3.36. The number of nitrogens with zero attached hydrogens (tertiary/aromatic N) is 4. The van der Waals surface area contributed by atoms with E-state index >= 15 is 0 Å². The number of aromatic nitrogens is 3. The van der Waals surface area contributed by atoms with Gasteiger partial charge in [0, 0.05) is 30.4 Å². The molecule has 0 aliphatic carbocycles. The first-order valence-corrected chi connectivity index (χ1v) is 13.8. The molecule has 5 rings (SSSR count). The number of pyridine rings is 1. The van der Waals surface area contributed by atoms with Gasteiger partial charge in [-0.1, -0.05) is 29.8 Å². The van der Waals surface area contributed by atoms with Crippen molar-refractivity contribution in [1.82, 2.24) is 15.0 Å². The molecule has 1 aliphatic rings. The molecule has 0 radical (unpaired) electrons. The van der Waals surface area contributed by atoms with Gasteiger partial charge in [-0.05, 0) is 43.3 Å². The molecule has 0 bridgehead atoms. The molecular weight excluding hydrogens is 518 g/mol. The Balaban J connectivity index is 1.62. The summed E-state index contributed by atoms with van der Waals surface area (Å²) >= 11 is 0. The van der Waals surface area contributed by atoms with E-state index in [1.165, 1.54) is 12.1 Å². The third-order valence-electron chi connectivity index (χ3n) is 6.22. The predicted molar refractivity (Wildman–Crippen MR) is 148 cm³/mol. The second-order valence-corrected chi connectivity index (χ2v) is 10.5. The Bertz CT molecular complexity index is 1530. The monoisotopic (exact) mass is 547 g/mol. The molecule has 1 saturated heterocycles. The summed E-state index contributed by atoms with van der Waals surface area (Å²) in [6.07, 6.45) is 3.33. The number of ether oxygens (including phenoxy) is 2. The number of aryl methyl sites for hydroxylation is 1. The first kappa shape index (κ1) is 26.5. The zero-order valence-electron chi connectivity index (χ0n) is 21.7. The normalized spacial score (nSPS) is 13.7. The Morgan fingerprint density at radius 3 is 2.54 bits per heavy atom. The van der Waals surface area contributed by atoms with Crippen molar-refractivity contribution in [3.05, 3.63) is 84.2 Å². The Kier molecular flexibility index (Phi) is 8.01. The van der Waals surface area contributed by atoms with E-state index in [9.17, 15) is 8.42 Å². The summed E-state index contributed by atoms with van der Waals surface area (Å²) in [6.45, 7) is 3.96. The second-order valence-electron chi connectivity index (χ2n) is 8.93. The molecule has 0 spiro atoms. The molecular formula is C28H29N5O5S. The molecule has 0 saturated carbocycles. The number of methoxy groups -OCH3 is 1. The van der Waals surface area contributed by atoms with Crippen LogP contribution in [0.1, 0.15) is 11.1 Å². The van der Waals surface area contributed by atoms with E-state index in [2.05, 4.69) is 10.3 Å². The molecule has 4 aromatic rings. The minimum Gasteiger partial charge on any atom is -0.497 e. The van der Waals surface area contributed by atoms with Crippen LogP contribution in [0.25, 0.3) is 11.3 Å². The molecule has 0 atom stereocenters. The van der Waals surface area contributed by atoms with Crippen molar-refractivity contribution in [3.8, 4) is 17.0 Å². The summed E-state index contributed by atoms with van der Waals surface area (Å²) in [7, 11) is -2.47. The molecule has 2 aromatic carbocycles. The molecule has 0 amide bonds. The number of anilines is 3. The molecule has 1 aliphatic heterocycles. The van der Waals surface area contributed by atoms with Gasteiger partial charge in [0.1, 0.15) is 11.6 Å². The Morgan fingerprint density at radius 1 is 1.03 bits per heavy atom. The van der Waals surface area contributed by atoms with Crippen molar-refractivity contribution in [2.75, 3.05) is 43.6 Å². The lowest BCUT2D eigenvalue weighted by Gasteiger charge is -2.28. The van der Waals surface area contributed by atoms with Gasteiger partial charge < -0.3 is 19.7 Å². The fourth-order valence-corrected chi connectivity index (χ4v) is 4.99. The van der Waals surface area contributed by atoms with Crippen molar-refractivity contribution in [1.29, 1.82) is 0 Å². The Labute approximate surface area is 227 Å². The Morgan fingerprint density at radius 2 is 1.82 bits per heavy atom. The number of benzene rings is 2. The van der Waals surface area contributed by atoms with Gasteiger partial charge in [-0.15, -0.1) is 0 Å². The number of hydrogen-bond donors (Lipinski definition) is 1. The highest BCUT2D eigenvalue weighted by molar-refractivity contribution is 7.86. The fourth-order valence-electron chi connectivity index (χ4n) is 4.11. The molecule has 39 heavy (non-hydrogen) atoms. The summed E-state index contributed by atoms with van der Waals surface area (Å²) in [4.78, 5) is 16.0. The molecule has 0 unspecified atom stereocenters. The van der Waals surface area contributed by atoms with Crippen LogP contribution in [0.15, 0.2) is 78.0 Å². The topological polar surface area (TPSA) is 116 Å². The minimum absolute atomic E-state index is 0.0728. The zero-order chi connectivity index (χ0) is 27.2. The van der Waals surface area contributed by atoms with Crippen LogP contribution in [0.3, 0.4) is 0 Å². The van der Waals surface area contributed by atoms with Crippen LogP contribution in [0, 0.1) is 6.92 Å². The van der Waals surface area contributed by atoms with Gasteiger partial charge in [0.05, 0.1) is 49.4 Å². The van der Waals surface area contributed by atoms with Crippen LogP contribution in [-0.2, 0) is 25.6 Å². The number of nitrogens with one attached hydrogen (secondary N) is 1. The van der Waals surface area contributed by atoms with E-state index in [0.29, 0.717) is 60.8 Å². The van der Waals surface area contributed by atoms with Crippen LogP contribution < -0.4 is 15.0 Å². The molecule has 202 valence electrons. The smallest absolute Gasteiger partial charge is 0.297 e. The lowest BCUT2D eigenvalue weighted by Crippen LogP contribution is -2.37. The van der Waals surface area contributed by atoms with Crippen LogP contribution in [0.2, 0.25) is 0 Å². The molecule has 1 fully saturated rings. The highest BCUT2D eigenvalue weighted by Crippen LogP contribution is 2.34. The molecule has 2 aromatic heterocycles. The van der Waals surface area contributed by atoms with Gasteiger partial charge in [0.15, 0.2) is 0 Å². The summed E-state index contributed by atoms with van der Waals surface area (Å²) in [6, 6.07) is 17.6. The van der Waals surface area contributed by atoms with Gasteiger partial charge in [0.25, 0.3) is 10.1 Å². The molecule has 11 heteroatoms. The van der Waals surface area contributed by atoms with Crippen molar-refractivity contribution >= 4 is 27.6 Å². The van der Waals surface area contributed by atoms with Crippen LogP contribution in [-0.4, -0.2) is 56.8 Å². The fraction of sp³-hybridized carbons (Fsp3) is 0.250. The van der Waals surface area contributed by atoms with Crippen molar-refractivity contribution < 1.29 is 22.1 Å². The van der Waals surface area contributed by atoms with Crippen LogP contribution in [0.5, 0.6) is 5.75 Å². The third-order valence-corrected chi connectivity index (χ3v) is 7.50. The summed E-state index contributed by atoms with van der Waals surface area (Å²) < 4.78 is 42.8. The summed E-state index contributed by atoms with van der Waals surface area (Å²) in [5.74, 6) is 1.55. The SMILES string of the molecule is COc1cccc(-c2nc(N3CCOCC3)nc(Nc3cccnc3)c2COS(=O)(=O)c2ccc(C)cc2)c1. The molecule has 10 nitrogen and oxygen atoms in total. The minimum atomic E-state index is -4.05. The predicted octanol–water partition coefficient (Wildman–Crippen LogP) is 4.34. The second kappa shape index (κ2) is 11.8. The number of morpholine rings is 1. The van der Waals surface area contributed by atoms with E-state index < -0.39 is 10.1 Å². The average Bonchev–Trinajstić information content (AvgIpc) is 2.97. The third kappa shape index (κ3) is 6.33. The number of rotatable bonds is 9. The van der Waals surface area contributed by atoms with Gasteiger partial charge >= 0.3 is 0 Å². The summed E-state index contributed by atoms with van der Waals surface area (Å²) in [5, 5.41) is 3.30. The van der Waals surface area contributed by atoms with Gasteiger partial charge in [-0.25, -0.2) is 4.98 Å². The maximum Gasteiger partial charge on any atom is 0.297 e. The average molecular weight is 548 g/mol. The first-order chi connectivity index (χ1) is 18.9. The maximum atomic E-state index is 13.1. The zero-order valence-corrected chi connectivity index (χ0v) is 22.5. The van der Waals surface area contributed by atoms with Crippen molar-refractivity contribution in [2.45, 2.75) is 18.4 Å². The first-order valence-electron chi connectivity index (χ1n) is 12.4. The highest BCUT2D eigenvalue weighted by atomic mass is 32.2. The van der Waals surface area contributed by atoms with Gasteiger partial charge in [-0.3, -0.25) is 9.17 Å². The lowest BCUT2D eigenvalue weighted by atomic mass is 10.1. The van der Waals surface area contributed by atoms with Gasteiger partial charge in [0.2, 0.25) is 5.95 Å². The van der Waals surface area contributed by atoms with Gasteiger partial charge in [-0.2, -0.15) is 13.4 Å². The largest absolute Gasteiger partial charge is 0.497 e. The highest BCUT2D eigenvalue weighted by Gasteiger charge is 2.24. The van der Waals surface area contributed by atoms with E-state index in [1.54, 1.807) is 37.7 Å². The van der Waals surface area contributed by atoms with E-state index in [1.807, 2.05) is 42.2 Å². The number of hydrogen-bond acceptors (Lipinski definition) is 10. The van der Waals surface area contributed by atoms with Crippen molar-refractivity contribution in [3.63, 3.8) is 0 Å². The standard InChI is InChI=1S/C28H29N5O5S/c1-20-8-10-24(11-9-20)39(34,35)38-19-25-26(21-5-3-7-23(17-21)36-2)31-28(33-13-15-37-16-14-33)32-27(25)30-22-6-4-12-29-18-22/h3-12,17-18H,13-16,19H2,1-2H3,(H,30,31,32). The van der Waals surface area contributed by atoms with Crippen LogP contribution in [0.4, 0.5) is 17.5 Å². The quantitative estimate of drug-likeness (QED) is 0.303. The van der Waals surface area contributed by atoms with E-state index in [4.69, 9.17) is 23.6 Å². The Hall–Kier alpha value is -4.06. The molecule has 1 N–H and O–H groups in total. The molecule has 3 heterocycles. The van der Waals surface area contributed by atoms with E-state index in [-0.39, 0.29) is 11.5 Å². The maximum absolute atomic E-state index is 13.1. The van der Waals surface area contributed by atoms with Crippen LogP contribution >= 0.6 is 0 Å². The van der Waals surface area contributed by atoms with Crippen molar-refractivity contribution in [2.24, 2.45) is 0 Å². The van der Waals surface area contributed by atoms with E-state index in [0.717, 1.165) is 11.1 Å². The lowest BCUT2D eigenvalue weighted by molar-refractivity contribution is 0.122.